The van der Waals surface area contributed by atoms with E-state index in [9.17, 15) is 0 Å². The number of nitrogens with zero attached hydrogens (tertiary/aromatic N) is 2. The second-order valence-electron chi connectivity index (χ2n) is 1.18. The van der Waals surface area contributed by atoms with E-state index in [0.29, 0.717) is 4.57 Å². The number of hydrogen-bond donors (Lipinski definition) is 0. The molecule has 0 radical (unpaired) electrons. The normalized spacial score (nSPS) is 25.9. The maximum atomic E-state index is 7.43. The molecule has 3 heteroatoms. The van der Waals surface area contributed by atoms with E-state index in [4.69, 9.17) is 9.60 Å². The van der Waals surface area contributed by atoms with E-state index in [1.54, 1.807) is 0 Å². The van der Waals surface area contributed by atoms with Gasteiger partial charge < -0.3 is 4.57 Å². The summed E-state index contributed by atoms with van der Waals surface area (Å²) in [5, 5.41) is 0. The van der Waals surface area contributed by atoms with Crippen LogP contribution in [0.4, 0.5) is 0 Å². The summed E-state index contributed by atoms with van der Waals surface area (Å²) in [6.45, 7) is -5.21. The van der Waals surface area contributed by atoms with Crippen molar-refractivity contribution in [2.24, 2.45) is 6.98 Å². The molecule has 0 unspecified atom stereocenters. The molecule has 0 amide bonds. The Balaban J connectivity index is 3.41. The molecule has 1 heterocycles. The van der Waals surface area contributed by atoms with Crippen molar-refractivity contribution < 1.29 is 9.60 Å². The standard InChI is InChI=1S/C5H7BrN2/c1-4-3-8(2)5(6)7-4/h3H,1-2H3/i1D3,2D3,3D. The molecular formula is C5H7BrN2. The lowest BCUT2D eigenvalue weighted by atomic mass is 10.6. The summed E-state index contributed by atoms with van der Waals surface area (Å²) >= 11 is 2.82. The molecule has 0 aromatic carbocycles. The van der Waals surface area contributed by atoms with E-state index in [-0.39, 0.29) is 4.73 Å². The number of hydrogen-bond acceptors (Lipinski definition) is 1. The molecule has 44 valence electrons. The molecule has 1 aromatic heterocycles. The Hall–Kier alpha value is -0.310. The molecule has 1 rings (SSSR count). The second-order valence-corrected chi connectivity index (χ2v) is 1.89. The molecule has 0 aliphatic carbocycles. The Kier molecular flexibility index (Phi) is 0.378. The van der Waals surface area contributed by atoms with Crippen LogP contribution in [0.5, 0.6) is 0 Å². The highest BCUT2D eigenvalue weighted by molar-refractivity contribution is 9.10. The first-order valence-electron chi connectivity index (χ1n) is 5.31. The lowest BCUT2D eigenvalue weighted by Gasteiger charge is -1.85. The monoisotopic (exact) mass is 181 g/mol. The summed E-state index contributed by atoms with van der Waals surface area (Å²) in [7, 11) is 0. The van der Waals surface area contributed by atoms with E-state index in [0.717, 1.165) is 0 Å². The zero-order chi connectivity index (χ0) is 12.0. The molecule has 0 fully saturated rings. The average Bonchev–Trinajstić information content (AvgIpc) is 2.22. The molecule has 0 aliphatic rings. The minimum atomic E-state index is -2.62. The lowest BCUT2D eigenvalue weighted by Crippen LogP contribution is -1.82. The zero-order valence-corrected chi connectivity index (χ0v) is 5.36. The van der Waals surface area contributed by atoms with Crippen LogP contribution in [0.1, 0.15) is 15.3 Å². The number of imidazole rings is 1. The summed E-state index contributed by atoms with van der Waals surface area (Å²) in [5.41, 5.74) is -0.523. The molecule has 0 saturated heterocycles. The summed E-state index contributed by atoms with van der Waals surface area (Å²) < 4.78 is 50.3. The number of aryl methyl sites for hydroxylation is 1. The van der Waals surface area contributed by atoms with E-state index in [1.165, 1.54) is 0 Å². The third kappa shape index (κ3) is 0.916. The Morgan fingerprint density at radius 2 is 3.00 bits per heavy atom. The van der Waals surface area contributed by atoms with Crippen molar-refractivity contribution in [1.82, 2.24) is 9.55 Å². The van der Waals surface area contributed by atoms with Gasteiger partial charge in [-0.25, -0.2) is 4.98 Å². The van der Waals surface area contributed by atoms with Gasteiger partial charge in [-0.05, 0) is 22.8 Å². The largest absolute Gasteiger partial charge is 0.328 e. The first kappa shape index (κ1) is 1.59. The van der Waals surface area contributed by atoms with Crippen LogP contribution in [0, 0.1) is 6.85 Å². The third-order valence-electron chi connectivity index (χ3n) is 0.606. The topological polar surface area (TPSA) is 17.8 Å². The van der Waals surface area contributed by atoms with Crippen molar-refractivity contribution in [3.05, 3.63) is 16.6 Å². The number of aromatic nitrogens is 2. The smallest absolute Gasteiger partial charge is 0.177 e. The molecule has 8 heavy (non-hydrogen) atoms. The van der Waals surface area contributed by atoms with Gasteiger partial charge in [-0.15, -0.1) is 0 Å². The predicted octanol–water partition coefficient (Wildman–Crippen LogP) is 1.49. The van der Waals surface area contributed by atoms with Gasteiger partial charge in [0.15, 0.2) is 4.73 Å². The van der Waals surface area contributed by atoms with Gasteiger partial charge in [0.05, 0.1) is 7.06 Å². The Morgan fingerprint density at radius 3 is 3.38 bits per heavy atom. The predicted molar refractivity (Wildman–Crippen MR) is 35.6 cm³/mol. The van der Waals surface area contributed by atoms with Crippen molar-refractivity contribution in [1.29, 1.82) is 0 Å². The van der Waals surface area contributed by atoms with Crippen LogP contribution in [0.3, 0.4) is 0 Å². The molecule has 0 aliphatic heterocycles. The summed E-state index contributed by atoms with van der Waals surface area (Å²) in [6, 6.07) is 0. The van der Waals surface area contributed by atoms with Gasteiger partial charge in [0.2, 0.25) is 0 Å². The van der Waals surface area contributed by atoms with Gasteiger partial charge in [-0.3, -0.25) is 0 Å². The highest BCUT2D eigenvalue weighted by Crippen LogP contribution is 2.05. The highest BCUT2D eigenvalue weighted by atomic mass is 79.9. The molecule has 0 saturated carbocycles. The van der Waals surface area contributed by atoms with Crippen LogP contribution in [-0.2, 0) is 6.98 Å². The highest BCUT2D eigenvalue weighted by Gasteiger charge is 1.93. The van der Waals surface area contributed by atoms with Gasteiger partial charge in [0, 0.05) is 21.4 Å². The van der Waals surface area contributed by atoms with Crippen molar-refractivity contribution in [2.45, 2.75) is 6.85 Å². The fraction of sp³-hybridized carbons (Fsp3) is 0.400. The molecule has 1 aromatic rings. The Morgan fingerprint density at radius 1 is 2.12 bits per heavy atom. The fourth-order valence-electron chi connectivity index (χ4n) is 0.319. The van der Waals surface area contributed by atoms with E-state index in [2.05, 4.69) is 20.9 Å². The van der Waals surface area contributed by atoms with Crippen LogP contribution < -0.4 is 0 Å². The summed E-state index contributed by atoms with van der Waals surface area (Å²) in [6.07, 6.45) is -0.623. The van der Waals surface area contributed by atoms with Gasteiger partial charge in [0.25, 0.3) is 0 Å². The molecule has 0 bridgehead atoms. The van der Waals surface area contributed by atoms with Gasteiger partial charge >= 0.3 is 0 Å². The van der Waals surface area contributed by atoms with Gasteiger partial charge in [0.1, 0.15) is 0 Å². The lowest BCUT2D eigenvalue weighted by molar-refractivity contribution is 0.881. The van der Waals surface area contributed by atoms with Crippen molar-refractivity contribution in [3.8, 4) is 0 Å². The third-order valence-corrected chi connectivity index (χ3v) is 1.14. The van der Waals surface area contributed by atoms with E-state index in [1.807, 2.05) is 0 Å². The first-order chi connectivity index (χ1) is 6.55. The van der Waals surface area contributed by atoms with Crippen molar-refractivity contribution in [2.75, 3.05) is 0 Å². The SMILES string of the molecule is [2H]c1c(C([2H])([2H])[2H])nc(Br)n1C([2H])([2H])[2H]. The second kappa shape index (κ2) is 1.90. The van der Waals surface area contributed by atoms with E-state index < -0.39 is 25.7 Å². The van der Waals surface area contributed by atoms with Crippen LogP contribution in [-0.4, -0.2) is 9.55 Å². The molecule has 0 spiro atoms. The zero-order valence-electron chi connectivity index (χ0n) is 10.8. The molecule has 0 N–H and O–H groups in total. The first-order valence-corrected chi connectivity index (χ1v) is 2.60. The number of rotatable bonds is 0. The maximum absolute atomic E-state index is 7.43. The minimum Gasteiger partial charge on any atom is -0.328 e. The minimum absolute atomic E-state index is 0.182. The Labute approximate surface area is 66.5 Å². The molecule has 0 atom stereocenters. The average molecular weight is 182 g/mol. The Bertz CT molecular complexity index is 376. The van der Waals surface area contributed by atoms with Gasteiger partial charge in [-0.1, -0.05) is 0 Å². The van der Waals surface area contributed by atoms with Crippen molar-refractivity contribution >= 4 is 15.9 Å². The number of halogens is 1. The maximum Gasteiger partial charge on any atom is 0.177 e. The van der Waals surface area contributed by atoms with Crippen LogP contribution in [0.15, 0.2) is 10.9 Å². The fourth-order valence-corrected chi connectivity index (χ4v) is 0.585. The van der Waals surface area contributed by atoms with E-state index >= 15 is 0 Å². The summed E-state index contributed by atoms with van der Waals surface area (Å²) in [5.74, 6) is 0. The molecular weight excluding hydrogens is 168 g/mol. The van der Waals surface area contributed by atoms with Crippen LogP contribution >= 0.6 is 15.9 Å². The quantitative estimate of drug-likeness (QED) is 0.594. The molecule has 2 nitrogen and oxygen atoms in total. The van der Waals surface area contributed by atoms with Crippen LogP contribution in [0.2, 0.25) is 0 Å². The van der Waals surface area contributed by atoms with Gasteiger partial charge in [-0.2, -0.15) is 0 Å². The summed E-state index contributed by atoms with van der Waals surface area (Å²) in [4.78, 5) is 3.52. The van der Waals surface area contributed by atoms with Crippen molar-refractivity contribution in [3.63, 3.8) is 0 Å². The van der Waals surface area contributed by atoms with Crippen LogP contribution in [0.25, 0.3) is 0 Å².